The van der Waals surface area contributed by atoms with Crippen molar-refractivity contribution in [2.75, 3.05) is 11.9 Å². The Balaban J connectivity index is 1.98. The number of ether oxygens (including phenoxy) is 1. The molecule has 26 heavy (non-hydrogen) atoms. The molecule has 5 nitrogen and oxygen atoms in total. The van der Waals surface area contributed by atoms with Crippen molar-refractivity contribution in [3.05, 3.63) is 46.7 Å². The molecule has 1 heterocycles. The lowest BCUT2D eigenvalue weighted by atomic mass is 10.3. The summed E-state index contributed by atoms with van der Waals surface area (Å²) in [4.78, 5) is 12.7. The van der Waals surface area contributed by atoms with Crippen LogP contribution in [-0.2, 0) is 0 Å². The van der Waals surface area contributed by atoms with E-state index in [4.69, 9.17) is 51.8 Å². The molecule has 0 fully saturated rings. The molecule has 0 radical (unpaired) electrons. The Labute approximate surface area is 176 Å². The van der Waals surface area contributed by atoms with Gasteiger partial charge in [0.15, 0.2) is 5.11 Å². The van der Waals surface area contributed by atoms with Gasteiger partial charge in [-0.15, -0.1) is 11.3 Å². The number of benzene rings is 1. The summed E-state index contributed by atoms with van der Waals surface area (Å²) in [7, 11) is 0. The van der Waals surface area contributed by atoms with E-state index < -0.39 is 9.96 Å². The number of rotatable bonds is 6. The number of alkyl halides is 3. The third kappa shape index (κ3) is 6.48. The van der Waals surface area contributed by atoms with Crippen molar-refractivity contribution in [3.63, 3.8) is 0 Å². The average Bonchev–Trinajstić information content (AvgIpc) is 3.10. The van der Waals surface area contributed by atoms with Crippen LogP contribution in [0.5, 0.6) is 5.75 Å². The van der Waals surface area contributed by atoms with E-state index in [-0.39, 0.29) is 11.0 Å². The number of hydrogen-bond acceptors (Lipinski definition) is 4. The highest BCUT2D eigenvalue weighted by molar-refractivity contribution is 7.80. The smallest absolute Gasteiger partial charge is 0.263 e. The maximum atomic E-state index is 12.2. The second-order valence-corrected chi connectivity index (χ2v) is 8.71. The van der Waals surface area contributed by atoms with Crippen LogP contribution >= 0.6 is 58.4 Å². The van der Waals surface area contributed by atoms with E-state index in [1.165, 1.54) is 11.3 Å². The minimum atomic E-state index is -1.81. The first kappa shape index (κ1) is 21.1. The molecular weight excluding hydrogens is 437 g/mol. The molecule has 1 aromatic heterocycles. The SMILES string of the molecule is CCOc1ccc(NC(=S)NC(NC(=O)c2cccs2)C(Cl)(Cl)Cl)cc1. The molecule has 1 amide bonds. The summed E-state index contributed by atoms with van der Waals surface area (Å²) >= 11 is 24.4. The number of thiophene rings is 1. The summed E-state index contributed by atoms with van der Waals surface area (Å²) in [6.07, 6.45) is -1.02. The largest absolute Gasteiger partial charge is 0.494 e. The number of anilines is 1. The van der Waals surface area contributed by atoms with Crippen molar-refractivity contribution in [1.29, 1.82) is 0 Å². The monoisotopic (exact) mass is 451 g/mol. The van der Waals surface area contributed by atoms with Gasteiger partial charge in [-0.3, -0.25) is 4.79 Å². The van der Waals surface area contributed by atoms with Crippen LogP contribution in [0.15, 0.2) is 41.8 Å². The predicted octanol–water partition coefficient (Wildman–Crippen LogP) is 4.56. The van der Waals surface area contributed by atoms with Gasteiger partial charge < -0.3 is 20.7 Å². The van der Waals surface area contributed by atoms with Crippen molar-refractivity contribution < 1.29 is 9.53 Å². The summed E-state index contributed by atoms with van der Waals surface area (Å²) in [6, 6.07) is 10.6. The number of carbonyl (C=O) groups is 1. The summed E-state index contributed by atoms with van der Waals surface area (Å²) in [5, 5.41) is 10.4. The second kappa shape index (κ2) is 9.62. The molecule has 0 saturated carbocycles. The average molecular weight is 453 g/mol. The molecule has 140 valence electrons. The zero-order valence-corrected chi connectivity index (χ0v) is 17.5. The molecular formula is C16H16Cl3N3O2S2. The summed E-state index contributed by atoms with van der Waals surface area (Å²) < 4.78 is 3.57. The van der Waals surface area contributed by atoms with Crippen LogP contribution in [0.1, 0.15) is 16.6 Å². The quantitative estimate of drug-likeness (QED) is 0.341. The predicted molar refractivity (Wildman–Crippen MR) is 113 cm³/mol. The molecule has 0 aliphatic heterocycles. The van der Waals surface area contributed by atoms with E-state index >= 15 is 0 Å². The lowest BCUT2D eigenvalue weighted by Gasteiger charge is -2.27. The first-order valence-corrected chi connectivity index (χ1v) is 9.93. The van der Waals surface area contributed by atoms with Gasteiger partial charge in [-0.05, 0) is 54.9 Å². The van der Waals surface area contributed by atoms with Crippen LogP contribution in [0.4, 0.5) is 5.69 Å². The van der Waals surface area contributed by atoms with Gasteiger partial charge >= 0.3 is 0 Å². The van der Waals surface area contributed by atoms with Crippen molar-refractivity contribution in [3.8, 4) is 5.75 Å². The maximum absolute atomic E-state index is 12.2. The first-order chi connectivity index (χ1) is 12.3. The van der Waals surface area contributed by atoms with Gasteiger partial charge in [0.05, 0.1) is 11.5 Å². The maximum Gasteiger partial charge on any atom is 0.263 e. The fourth-order valence-electron chi connectivity index (χ4n) is 1.91. The van der Waals surface area contributed by atoms with Crippen LogP contribution in [0.2, 0.25) is 0 Å². The minimum absolute atomic E-state index is 0.192. The molecule has 10 heteroatoms. The lowest BCUT2D eigenvalue weighted by molar-refractivity contribution is 0.0938. The van der Waals surface area contributed by atoms with E-state index in [0.717, 1.165) is 11.4 Å². The molecule has 0 aliphatic rings. The van der Waals surface area contributed by atoms with Gasteiger partial charge in [0.1, 0.15) is 11.9 Å². The number of carbonyl (C=O) groups excluding carboxylic acids is 1. The highest BCUT2D eigenvalue weighted by Crippen LogP contribution is 2.29. The third-order valence-electron chi connectivity index (χ3n) is 3.05. The van der Waals surface area contributed by atoms with Gasteiger partial charge in [-0.1, -0.05) is 40.9 Å². The summed E-state index contributed by atoms with van der Waals surface area (Å²) in [6.45, 7) is 2.49. The van der Waals surface area contributed by atoms with Gasteiger partial charge in [-0.2, -0.15) is 0 Å². The fraction of sp³-hybridized carbons (Fsp3) is 0.250. The molecule has 0 saturated heterocycles. The van der Waals surface area contributed by atoms with Crippen LogP contribution in [-0.4, -0.2) is 27.6 Å². The minimum Gasteiger partial charge on any atom is -0.494 e. The Hall–Kier alpha value is -1.25. The van der Waals surface area contributed by atoms with Crippen molar-refractivity contribution >= 4 is 75.1 Å². The second-order valence-electron chi connectivity index (χ2n) is 4.98. The van der Waals surface area contributed by atoms with E-state index in [1.54, 1.807) is 41.8 Å². The van der Waals surface area contributed by atoms with Crippen LogP contribution in [0.25, 0.3) is 0 Å². The normalized spacial score (nSPS) is 12.2. The van der Waals surface area contributed by atoms with Gasteiger partial charge in [0.2, 0.25) is 3.79 Å². The van der Waals surface area contributed by atoms with Crippen LogP contribution in [0.3, 0.4) is 0 Å². The van der Waals surface area contributed by atoms with Crippen LogP contribution < -0.4 is 20.7 Å². The molecule has 3 N–H and O–H groups in total. The molecule has 2 aromatic rings. The van der Waals surface area contributed by atoms with Gasteiger partial charge in [0.25, 0.3) is 5.91 Å². The molecule has 0 spiro atoms. The van der Waals surface area contributed by atoms with Crippen molar-refractivity contribution in [1.82, 2.24) is 10.6 Å². The highest BCUT2D eigenvalue weighted by atomic mass is 35.6. The molecule has 1 atom stereocenters. The Morgan fingerprint density at radius 1 is 1.23 bits per heavy atom. The Morgan fingerprint density at radius 2 is 1.92 bits per heavy atom. The van der Waals surface area contributed by atoms with Gasteiger partial charge in [-0.25, -0.2) is 0 Å². The molecule has 2 rings (SSSR count). The van der Waals surface area contributed by atoms with E-state index in [0.29, 0.717) is 11.5 Å². The van der Waals surface area contributed by atoms with Crippen molar-refractivity contribution in [2.45, 2.75) is 16.9 Å². The van der Waals surface area contributed by atoms with Gasteiger partial charge in [0, 0.05) is 5.69 Å². The lowest BCUT2D eigenvalue weighted by Crippen LogP contribution is -2.56. The Bertz CT molecular complexity index is 734. The zero-order valence-electron chi connectivity index (χ0n) is 13.6. The standard InChI is InChI=1S/C16H16Cl3N3O2S2/c1-2-24-11-7-5-10(6-8-11)20-15(25)22-14(16(17,18)19)21-13(23)12-4-3-9-26-12/h3-9,14H,2H2,1H3,(H,21,23)(H2,20,22,25). The Morgan fingerprint density at radius 3 is 2.46 bits per heavy atom. The number of thiocarbonyl (C=S) groups is 1. The zero-order chi connectivity index (χ0) is 19.2. The number of hydrogen-bond donors (Lipinski definition) is 3. The number of halogens is 3. The number of nitrogens with one attached hydrogen (secondary N) is 3. The van der Waals surface area contributed by atoms with E-state index in [2.05, 4.69) is 16.0 Å². The number of amides is 1. The first-order valence-electron chi connectivity index (χ1n) is 7.51. The Kier molecular flexibility index (Phi) is 7.79. The molecule has 0 bridgehead atoms. The fourth-order valence-corrected chi connectivity index (χ4v) is 3.10. The summed E-state index contributed by atoms with van der Waals surface area (Å²) in [5.41, 5.74) is 0.721. The molecule has 1 unspecified atom stereocenters. The highest BCUT2D eigenvalue weighted by Gasteiger charge is 2.35. The molecule has 0 aliphatic carbocycles. The van der Waals surface area contributed by atoms with E-state index in [1.807, 2.05) is 6.92 Å². The van der Waals surface area contributed by atoms with Crippen LogP contribution in [0, 0.1) is 0 Å². The summed E-state index contributed by atoms with van der Waals surface area (Å²) in [5.74, 6) is 0.381. The molecule has 1 aromatic carbocycles. The van der Waals surface area contributed by atoms with Crippen molar-refractivity contribution in [2.24, 2.45) is 0 Å². The third-order valence-corrected chi connectivity index (χ3v) is 4.79. The topological polar surface area (TPSA) is 62.4 Å². The van der Waals surface area contributed by atoms with E-state index in [9.17, 15) is 4.79 Å².